The zero-order valence-corrected chi connectivity index (χ0v) is 14.6. The Hall–Kier alpha value is -2.04. The van der Waals surface area contributed by atoms with Crippen molar-refractivity contribution in [2.24, 2.45) is 5.10 Å². The zero-order chi connectivity index (χ0) is 17.1. The normalized spacial score (nSPS) is 16.9. The van der Waals surface area contributed by atoms with Gasteiger partial charge in [-0.05, 0) is 47.5 Å². The van der Waals surface area contributed by atoms with Gasteiger partial charge in [-0.1, -0.05) is 23.7 Å². The maximum atomic E-state index is 12.2. The Bertz CT molecular complexity index is 758. The Morgan fingerprint density at radius 2 is 1.88 bits per heavy atom. The van der Waals surface area contributed by atoms with Crippen molar-refractivity contribution >= 4 is 34.8 Å². The maximum absolute atomic E-state index is 12.2. The predicted octanol–water partition coefficient (Wildman–Crippen LogP) is 4.27. The molecule has 1 atom stereocenters. The monoisotopic (exact) mass is 362 g/mol. The lowest BCUT2D eigenvalue weighted by Crippen LogP contribution is -2.27. The van der Waals surface area contributed by atoms with Crippen LogP contribution in [0.5, 0.6) is 5.75 Å². The molecule has 0 saturated heterocycles. The van der Waals surface area contributed by atoms with Crippen LogP contribution in [0.4, 0.5) is 0 Å². The minimum atomic E-state index is -0.222. The van der Waals surface area contributed by atoms with Crippen LogP contribution in [0.1, 0.15) is 23.6 Å². The number of rotatable bonds is 4. The largest absolute Gasteiger partial charge is 0.497 e. The highest BCUT2D eigenvalue weighted by molar-refractivity contribution is 6.30. The Balaban J connectivity index is 1.91. The molecular formula is C18H16Cl2N2O2. The van der Waals surface area contributed by atoms with Crippen LogP contribution < -0.4 is 4.74 Å². The van der Waals surface area contributed by atoms with Crippen LogP contribution in [0.25, 0.3) is 0 Å². The highest BCUT2D eigenvalue weighted by Gasteiger charge is 2.32. The number of carbonyl (C=O) groups is 1. The molecule has 124 valence electrons. The molecule has 4 nitrogen and oxygen atoms in total. The number of carbonyl (C=O) groups excluding carboxylic acids is 1. The molecule has 1 aliphatic heterocycles. The number of halogens is 2. The van der Waals surface area contributed by atoms with E-state index >= 15 is 0 Å². The lowest BCUT2D eigenvalue weighted by Gasteiger charge is -2.21. The topological polar surface area (TPSA) is 41.9 Å². The Morgan fingerprint density at radius 3 is 2.46 bits per heavy atom. The molecule has 1 amide bonds. The zero-order valence-electron chi connectivity index (χ0n) is 13.1. The molecule has 2 aromatic rings. The van der Waals surface area contributed by atoms with Crippen molar-refractivity contribution < 1.29 is 9.53 Å². The van der Waals surface area contributed by atoms with Crippen molar-refractivity contribution in [1.29, 1.82) is 0 Å². The molecule has 0 aromatic heterocycles. The number of ether oxygens (including phenoxy) is 1. The SMILES string of the molecule is COc1ccc(C2=NN(C(=O)CCl)C(c3ccc(Cl)cc3)C2)cc1. The Kier molecular flexibility index (Phi) is 5.07. The summed E-state index contributed by atoms with van der Waals surface area (Å²) in [4.78, 5) is 12.2. The summed E-state index contributed by atoms with van der Waals surface area (Å²) in [6, 6.07) is 14.9. The van der Waals surface area contributed by atoms with E-state index in [0.717, 1.165) is 22.6 Å². The van der Waals surface area contributed by atoms with Gasteiger partial charge in [0.2, 0.25) is 0 Å². The van der Waals surface area contributed by atoms with E-state index in [9.17, 15) is 4.79 Å². The van der Waals surface area contributed by atoms with Crippen LogP contribution in [0.2, 0.25) is 5.02 Å². The van der Waals surface area contributed by atoms with Gasteiger partial charge in [0.05, 0.1) is 18.9 Å². The molecule has 3 rings (SSSR count). The summed E-state index contributed by atoms with van der Waals surface area (Å²) in [6.07, 6.45) is 0.622. The summed E-state index contributed by atoms with van der Waals surface area (Å²) >= 11 is 11.7. The van der Waals surface area contributed by atoms with Gasteiger partial charge in [-0.25, -0.2) is 5.01 Å². The van der Waals surface area contributed by atoms with E-state index < -0.39 is 0 Å². The van der Waals surface area contributed by atoms with Gasteiger partial charge < -0.3 is 4.74 Å². The summed E-state index contributed by atoms with van der Waals surface area (Å²) in [5, 5.41) is 6.63. The first-order chi connectivity index (χ1) is 11.6. The van der Waals surface area contributed by atoms with Gasteiger partial charge in [-0.3, -0.25) is 4.79 Å². The van der Waals surface area contributed by atoms with Gasteiger partial charge in [-0.2, -0.15) is 5.10 Å². The molecule has 0 fully saturated rings. The number of hydrogen-bond acceptors (Lipinski definition) is 3. The van der Waals surface area contributed by atoms with Crippen LogP contribution in [-0.2, 0) is 4.79 Å². The van der Waals surface area contributed by atoms with Gasteiger partial charge in [-0.15, -0.1) is 11.6 Å². The first kappa shape index (κ1) is 16.8. The van der Waals surface area contributed by atoms with Crippen molar-refractivity contribution in [1.82, 2.24) is 5.01 Å². The highest BCUT2D eigenvalue weighted by Crippen LogP contribution is 2.33. The van der Waals surface area contributed by atoms with Crippen LogP contribution >= 0.6 is 23.2 Å². The summed E-state index contributed by atoms with van der Waals surface area (Å²) < 4.78 is 5.18. The molecule has 0 N–H and O–H groups in total. The first-order valence-corrected chi connectivity index (χ1v) is 8.39. The average Bonchev–Trinajstić information content (AvgIpc) is 3.07. The lowest BCUT2D eigenvalue weighted by molar-refractivity contribution is -0.130. The number of amides is 1. The molecule has 0 saturated carbocycles. The molecule has 1 aliphatic rings. The van der Waals surface area contributed by atoms with Crippen LogP contribution in [-0.4, -0.2) is 29.6 Å². The van der Waals surface area contributed by atoms with Crippen molar-refractivity contribution in [3.63, 3.8) is 0 Å². The van der Waals surface area contributed by atoms with Crippen LogP contribution in [0, 0.1) is 0 Å². The first-order valence-electron chi connectivity index (χ1n) is 7.47. The van der Waals surface area contributed by atoms with Crippen molar-refractivity contribution in [2.45, 2.75) is 12.5 Å². The molecule has 0 spiro atoms. The fraction of sp³-hybridized carbons (Fsp3) is 0.222. The van der Waals surface area contributed by atoms with Crippen LogP contribution in [0.15, 0.2) is 53.6 Å². The molecule has 24 heavy (non-hydrogen) atoms. The molecule has 6 heteroatoms. The number of hydrazone groups is 1. The second kappa shape index (κ2) is 7.24. The van der Waals surface area contributed by atoms with Crippen molar-refractivity contribution in [2.75, 3.05) is 13.0 Å². The van der Waals surface area contributed by atoms with E-state index in [2.05, 4.69) is 5.10 Å². The van der Waals surface area contributed by atoms with Crippen LogP contribution in [0.3, 0.4) is 0 Å². The number of alkyl halides is 1. The summed E-state index contributed by atoms with van der Waals surface area (Å²) in [6.45, 7) is 0. The van der Waals surface area contributed by atoms with Gasteiger partial charge >= 0.3 is 0 Å². The quantitative estimate of drug-likeness (QED) is 0.762. The fourth-order valence-corrected chi connectivity index (χ4v) is 2.95. The van der Waals surface area contributed by atoms with Gasteiger partial charge in [0.1, 0.15) is 11.6 Å². The third kappa shape index (κ3) is 3.40. The standard InChI is InChI=1S/C18H16Cl2N2O2/c1-24-15-8-4-12(5-9-15)16-10-17(22(21-16)18(23)11-19)13-2-6-14(20)7-3-13/h2-9,17H,10-11H2,1H3. The number of hydrogen-bond donors (Lipinski definition) is 0. The van der Waals surface area contributed by atoms with Crippen molar-refractivity contribution in [3.05, 3.63) is 64.7 Å². The Labute approximate surface area is 150 Å². The highest BCUT2D eigenvalue weighted by atomic mass is 35.5. The molecule has 1 heterocycles. The van der Waals surface area contributed by atoms with E-state index in [1.165, 1.54) is 5.01 Å². The second-order valence-electron chi connectivity index (χ2n) is 5.42. The number of methoxy groups -OCH3 is 1. The molecule has 0 bridgehead atoms. The third-order valence-corrected chi connectivity index (χ3v) is 4.44. The molecule has 2 aromatic carbocycles. The molecule has 0 radical (unpaired) electrons. The summed E-state index contributed by atoms with van der Waals surface area (Å²) in [7, 11) is 1.62. The molecule has 0 aliphatic carbocycles. The van der Waals surface area contributed by atoms with Gasteiger partial charge in [0.15, 0.2) is 0 Å². The Morgan fingerprint density at radius 1 is 1.21 bits per heavy atom. The second-order valence-corrected chi connectivity index (χ2v) is 6.12. The minimum absolute atomic E-state index is 0.108. The average molecular weight is 363 g/mol. The predicted molar refractivity (Wildman–Crippen MR) is 95.9 cm³/mol. The minimum Gasteiger partial charge on any atom is -0.497 e. The van der Waals surface area contributed by atoms with E-state index in [1.807, 2.05) is 48.5 Å². The fourth-order valence-electron chi connectivity index (χ4n) is 2.70. The molecule has 1 unspecified atom stereocenters. The third-order valence-electron chi connectivity index (χ3n) is 3.96. The maximum Gasteiger partial charge on any atom is 0.258 e. The number of benzene rings is 2. The summed E-state index contributed by atoms with van der Waals surface area (Å²) in [5.41, 5.74) is 2.78. The van der Waals surface area contributed by atoms with Gasteiger partial charge in [0.25, 0.3) is 5.91 Å². The smallest absolute Gasteiger partial charge is 0.258 e. The molecular weight excluding hydrogens is 347 g/mol. The van der Waals surface area contributed by atoms with Gasteiger partial charge in [0, 0.05) is 11.4 Å². The number of nitrogens with zero attached hydrogens (tertiary/aromatic N) is 2. The summed E-state index contributed by atoms with van der Waals surface area (Å²) in [5.74, 6) is 0.448. The van der Waals surface area contributed by atoms with E-state index in [-0.39, 0.29) is 17.8 Å². The van der Waals surface area contributed by atoms with E-state index in [0.29, 0.717) is 11.4 Å². The van der Waals surface area contributed by atoms with Crippen molar-refractivity contribution in [3.8, 4) is 5.75 Å². The van der Waals surface area contributed by atoms with E-state index in [1.54, 1.807) is 7.11 Å². The van der Waals surface area contributed by atoms with E-state index in [4.69, 9.17) is 27.9 Å². The lowest BCUT2D eigenvalue weighted by atomic mass is 9.98.